The number of benzene rings is 2. The van der Waals surface area contributed by atoms with Crippen LogP contribution < -0.4 is 10.7 Å². The normalized spacial score (nSPS) is 11.3. The fourth-order valence-electron chi connectivity index (χ4n) is 3.03. The highest BCUT2D eigenvalue weighted by Gasteiger charge is 2.14. The lowest BCUT2D eigenvalue weighted by Crippen LogP contribution is -2.04. The highest BCUT2D eigenvalue weighted by molar-refractivity contribution is 14.1. The van der Waals surface area contributed by atoms with Gasteiger partial charge in [0.05, 0.1) is 16.8 Å². The van der Waals surface area contributed by atoms with E-state index in [-0.39, 0.29) is 22.8 Å². The van der Waals surface area contributed by atoms with Crippen molar-refractivity contribution in [2.45, 2.75) is 0 Å². The molecule has 0 unspecified atom stereocenters. The van der Waals surface area contributed by atoms with E-state index in [2.05, 4.69) is 58.7 Å². The number of anilines is 3. The highest BCUT2D eigenvalue weighted by Crippen LogP contribution is 2.29. The van der Waals surface area contributed by atoms with Gasteiger partial charge in [-0.2, -0.15) is 10.1 Å². The number of hydrogen-bond donors (Lipinski definition) is 2. The Labute approximate surface area is 214 Å². The van der Waals surface area contributed by atoms with Gasteiger partial charge >= 0.3 is 0 Å². The molecule has 3 aromatic heterocycles. The molecule has 5 rings (SSSR count). The van der Waals surface area contributed by atoms with Gasteiger partial charge in [-0.1, -0.05) is 23.7 Å². The zero-order chi connectivity index (χ0) is 24.4. The van der Waals surface area contributed by atoms with Gasteiger partial charge in [-0.3, -0.25) is 15.5 Å². The number of nitrogens with one attached hydrogen (secondary N) is 2. The van der Waals surface area contributed by atoms with Crippen molar-refractivity contribution in [3.05, 3.63) is 79.1 Å². The summed E-state index contributed by atoms with van der Waals surface area (Å²) in [6.45, 7) is 0. The van der Waals surface area contributed by atoms with Crippen LogP contribution in [0.2, 0.25) is 5.02 Å². The number of hydrazone groups is 1. The summed E-state index contributed by atoms with van der Waals surface area (Å²) < 4.78 is 11.3. The Hall–Kier alpha value is -4.11. The standard InChI is InChI=1S/C21H12ClIN8O4/c22-12-4-6-16(15(23)9-12)25-18-19(27-21-20(26-18)29-35-30-21)28-24-10-14-5-7-17(34-14)11-2-1-3-13(8-11)31(32)33/h1-10H,(H,25,26,29)(H,27,28,30). The maximum Gasteiger partial charge on any atom is 0.270 e. The first-order chi connectivity index (χ1) is 17.0. The van der Waals surface area contributed by atoms with Gasteiger partial charge in [-0.15, -0.1) is 0 Å². The molecule has 14 heteroatoms. The van der Waals surface area contributed by atoms with Crippen LogP contribution in [-0.4, -0.2) is 31.4 Å². The molecular weight excluding hydrogens is 591 g/mol. The fourth-order valence-corrected chi connectivity index (χ4v) is 4.03. The van der Waals surface area contributed by atoms with Crippen LogP contribution in [0.5, 0.6) is 0 Å². The molecular formula is C21H12ClIN8O4. The number of nitro groups is 1. The van der Waals surface area contributed by atoms with E-state index in [4.69, 9.17) is 20.6 Å². The van der Waals surface area contributed by atoms with Gasteiger partial charge in [0, 0.05) is 26.3 Å². The predicted octanol–water partition coefficient (Wildman–Crippen LogP) is 5.63. The Balaban J connectivity index is 1.38. The maximum absolute atomic E-state index is 11.0. The van der Waals surface area contributed by atoms with Gasteiger partial charge in [-0.05, 0) is 63.2 Å². The molecule has 0 radical (unpaired) electrons. The van der Waals surface area contributed by atoms with Crippen molar-refractivity contribution < 1.29 is 14.0 Å². The second kappa shape index (κ2) is 9.63. The summed E-state index contributed by atoms with van der Waals surface area (Å²) in [6, 6.07) is 14.9. The third-order valence-corrected chi connectivity index (χ3v) is 5.76. The van der Waals surface area contributed by atoms with Crippen molar-refractivity contribution in [2.24, 2.45) is 5.10 Å². The number of hydrogen-bond acceptors (Lipinski definition) is 11. The molecule has 0 spiro atoms. The summed E-state index contributed by atoms with van der Waals surface area (Å²) in [7, 11) is 0. The van der Waals surface area contributed by atoms with Gasteiger partial charge in [0.2, 0.25) is 11.3 Å². The number of furan rings is 1. The number of rotatable bonds is 7. The molecule has 12 nitrogen and oxygen atoms in total. The zero-order valence-electron chi connectivity index (χ0n) is 17.3. The number of nitro benzene ring substituents is 1. The van der Waals surface area contributed by atoms with Gasteiger partial charge in [-0.25, -0.2) is 9.61 Å². The first-order valence-electron chi connectivity index (χ1n) is 9.82. The van der Waals surface area contributed by atoms with Gasteiger partial charge < -0.3 is 9.73 Å². The van der Waals surface area contributed by atoms with E-state index in [1.54, 1.807) is 36.4 Å². The number of aromatic nitrogens is 4. The lowest BCUT2D eigenvalue weighted by atomic mass is 10.1. The molecule has 0 aliphatic heterocycles. The Morgan fingerprint density at radius 3 is 2.63 bits per heavy atom. The summed E-state index contributed by atoms with van der Waals surface area (Å²) >= 11 is 8.19. The Kier molecular flexibility index (Phi) is 6.24. The molecule has 35 heavy (non-hydrogen) atoms. The number of non-ortho nitro benzene ring substituents is 1. The van der Waals surface area contributed by atoms with Crippen molar-refractivity contribution in [2.75, 3.05) is 10.7 Å². The molecule has 0 fully saturated rings. The third kappa shape index (κ3) is 5.04. The van der Waals surface area contributed by atoms with E-state index < -0.39 is 4.92 Å². The molecule has 0 saturated carbocycles. The zero-order valence-corrected chi connectivity index (χ0v) is 20.3. The van der Waals surface area contributed by atoms with Crippen molar-refractivity contribution in [1.82, 2.24) is 20.3 Å². The van der Waals surface area contributed by atoms with Crippen LogP contribution in [0.4, 0.5) is 23.0 Å². The van der Waals surface area contributed by atoms with Gasteiger partial charge in [0.15, 0.2) is 11.6 Å². The van der Waals surface area contributed by atoms with Crippen LogP contribution in [0.25, 0.3) is 22.6 Å². The largest absolute Gasteiger partial charge is 0.455 e. The highest BCUT2D eigenvalue weighted by atomic mass is 127. The number of nitrogens with zero attached hydrogens (tertiary/aromatic N) is 6. The van der Waals surface area contributed by atoms with Crippen LogP contribution >= 0.6 is 34.2 Å². The molecule has 0 atom stereocenters. The average Bonchev–Trinajstić information content (AvgIpc) is 3.50. The van der Waals surface area contributed by atoms with E-state index in [1.165, 1.54) is 18.3 Å². The molecule has 3 heterocycles. The quantitative estimate of drug-likeness (QED) is 0.104. The van der Waals surface area contributed by atoms with Crippen molar-refractivity contribution >= 4 is 74.7 Å². The first-order valence-corrected chi connectivity index (χ1v) is 11.3. The smallest absolute Gasteiger partial charge is 0.270 e. The lowest BCUT2D eigenvalue weighted by Gasteiger charge is -2.10. The average molecular weight is 603 g/mol. The van der Waals surface area contributed by atoms with Crippen LogP contribution in [0.1, 0.15) is 5.76 Å². The second-order valence-electron chi connectivity index (χ2n) is 6.96. The van der Waals surface area contributed by atoms with Crippen LogP contribution in [0.15, 0.2) is 68.7 Å². The van der Waals surface area contributed by atoms with Crippen LogP contribution in [-0.2, 0) is 0 Å². The number of halogens is 2. The second-order valence-corrected chi connectivity index (χ2v) is 8.56. The molecule has 0 aliphatic carbocycles. The molecule has 0 aliphatic rings. The van der Waals surface area contributed by atoms with Crippen LogP contribution in [0, 0.1) is 13.7 Å². The van der Waals surface area contributed by atoms with Gasteiger partial charge in [0.25, 0.3) is 5.69 Å². The molecule has 5 aromatic rings. The predicted molar refractivity (Wildman–Crippen MR) is 137 cm³/mol. The molecule has 174 valence electrons. The summed E-state index contributed by atoms with van der Waals surface area (Å²) in [5, 5.41) is 26.4. The van der Waals surface area contributed by atoms with Crippen molar-refractivity contribution in [3.63, 3.8) is 0 Å². The minimum absolute atomic E-state index is 0.0255. The third-order valence-electron chi connectivity index (χ3n) is 4.63. The van der Waals surface area contributed by atoms with E-state index in [1.807, 2.05) is 6.07 Å². The minimum Gasteiger partial charge on any atom is -0.455 e. The van der Waals surface area contributed by atoms with Crippen molar-refractivity contribution in [1.29, 1.82) is 0 Å². The summed E-state index contributed by atoms with van der Waals surface area (Å²) in [6.07, 6.45) is 1.43. The Morgan fingerprint density at radius 1 is 1.06 bits per heavy atom. The van der Waals surface area contributed by atoms with E-state index >= 15 is 0 Å². The van der Waals surface area contributed by atoms with Crippen LogP contribution in [0.3, 0.4) is 0 Å². The van der Waals surface area contributed by atoms with Crippen molar-refractivity contribution in [3.8, 4) is 11.3 Å². The summed E-state index contributed by atoms with van der Waals surface area (Å²) in [4.78, 5) is 19.3. The lowest BCUT2D eigenvalue weighted by molar-refractivity contribution is -0.384. The summed E-state index contributed by atoms with van der Waals surface area (Å²) in [5.74, 6) is 1.48. The monoisotopic (exact) mass is 602 g/mol. The Bertz CT molecular complexity index is 1580. The first kappa shape index (κ1) is 22.7. The topological polar surface area (TPSA) is 157 Å². The molecule has 0 saturated heterocycles. The van der Waals surface area contributed by atoms with E-state index in [0.29, 0.717) is 27.9 Å². The molecule has 0 amide bonds. The Morgan fingerprint density at radius 2 is 1.86 bits per heavy atom. The van der Waals surface area contributed by atoms with E-state index in [9.17, 15) is 10.1 Å². The van der Waals surface area contributed by atoms with E-state index in [0.717, 1.165) is 9.26 Å². The SMILES string of the molecule is O=[N+]([O-])c1cccc(-c2ccc(C=NNc3nc4nonc4nc3Nc3ccc(Cl)cc3I)o2)c1. The fraction of sp³-hybridized carbons (Fsp3) is 0. The summed E-state index contributed by atoms with van der Waals surface area (Å²) in [5.41, 5.74) is 4.53. The molecule has 2 aromatic carbocycles. The molecule has 2 N–H and O–H groups in total. The maximum atomic E-state index is 11.0. The molecule has 0 bridgehead atoms. The van der Waals surface area contributed by atoms with Gasteiger partial charge in [0.1, 0.15) is 11.5 Å². The number of fused-ring (bicyclic) bond motifs is 1. The minimum atomic E-state index is -0.461.